The van der Waals surface area contributed by atoms with Crippen LogP contribution in [0.5, 0.6) is 0 Å². The van der Waals surface area contributed by atoms with Crippen LogP contribution < -0.4 is 4.90 Å². The van der Waals surface area contributed by atoms with Gasteiger partial charge in [-0.3, -0.25) is 0 Å². The first-order valence-corrected chi connectivity index (χ1v) is 5.88. The van der Waals surface area contributed by atoms with Gasteiger partial charge in [-0.15, -0.1) is 0 Å². The molecule has 1 aromatic rings. The third kappa shape index (κ3) is 2.39. The van der Waals surface area contributed by atoms with Gasteiger partial charge in [0, 0.05) is 29.4 Å². The summed E-state index contributed by atoms with van der Waals surface area (Å²) in [6.07, 6.45) is 3.34. The van der Waals surface area contributed by atoms with Crippen molar-refractivity contribution in [1.29, 1.82) is 0 Å². The van der Waals surface area contributed by atoms with Gasteiger partial charge in [0.05, 0.1) is 6.61 Å². The van der Waals surface area contributed by atoms with Gasteiger partial charge in [-0.2, -0.15) is 0 Å². The summed E-state index contributed by atoms with van der Waals surface area (Å²) in [6.45, 7) is 4.12. The number of halogens is 1. The summed E-state index contributed by atoms with van der Waals surface area (Å²) < 4.78 is 0. The fourth-order valence-corrected chi connectivity index (χ4v) is 2.30. The Morgan fingerprint density at radius 3 is 2.94 bits per heavy atom. The van der Waals surface area contributed by atoms with Crippen LogP contribution in [0.25, 0.3) is 0 Å². The minimum absolute atomic E-state index is 0.0369. The maximum atomic E-state index is 9.34. The third-order valence-corrected chi connectivity index (χ3v) is 3.12. The van der Waals surface area contributed by atoms with Crippen LogP contribution in [0.3, 0.4) is 0 Å². The Kier molecular flexibility index (Phi) is 3.52. The molecule has 0 saturated heterocycles. The monoisotopic (exact) mass is 237 g/mol. The molecule has 0 radical (unpaired) electrons. The maximum absolute atomic E-state index is 9.34. The Morgan fingerprint density at radius 2 is 2.25 bits per heavy atom. The molecule has 0 spiro atoms. The first-order chi connectivity index (χ1) is 7.70. The third-order valence-electron chi connectivity index (χ3n) is 2.88. The van der Waals surface area contributed by atoms with Crippen LogP contribution in [-0.4, -0.2) is 18.2 Å². The van der Waals surface area contributed by atoms with E-state index in [4.69, 9.17) is 11.6 Å². The second-order valence-corrected chi connectivity index (χ2v) is 4.63. The topological polar surface area (TPSA) is 23.5 Å². The number of nitrogens with zero attached hydrogens (tertiary/aromatic N) is 1. The van der Waals surface area contributed by atoms with Gasteiger partial charge in [0.25, 0.3) is 0 Å². The van der Waals surface area contributed by atoms with Gasteiger partial charge in [-0.25, -0.2) is 0 Å². The molecule has 16 heavy (non-hydrogen) atoms. The first-order valence-electron chi connectivity index (χ1n) is 5.50. The predicted octanol–water partition coefficient (Wildman–Crippen LogP) is 2.99. The van der Waals surface area contributed by atoms with Crippen molar-refractivity contribution in [2.45, 2.75) is 20.0 Å². The fraction of sp³-hybridized carbons (Fsp3) is 0.385. The number of aliphatic hydroxyl groups excluding tert-OH is 1. The molecule has 0 aliphatic carbocycles. The van der Waals surface area contributed by atoms with E-state index in [1.54, 1.807) is 0 Å². The Balaban J connectivity index is 2.29. The van der Waals surface area contributed by atoms with E-state index in [2.05, 4.69) is 17.9 Å². The molecule has 3 heteroatoms. The average Bonchev–Trinajstić information content (AvgIpc) is 2.28. The summed E-state index contributed by atoms with van der Waals surface area (Å²) >= 11 is 5.92. The van der Waals surface area contributed by atoms with E-state index in [9.17, 15) is 5.11 Å². The maximum Gasteiger partial charge on any atom is 0.0702 e. The van der Waals surface area contributed by atoms with Gasteiger partial charge in [0.1, 0.15) is 0 Å². The van der Waals surface area contributed by atoms with E-state index < -0.39 is 0 Å². The van der Waals surface area contributed by atoms with Gasteiger partial charge >= 0.3 is 0 Å². The van der Waals surface area contributed by atoms with Gasteiger partial charge in [0.2, 0.25) is 0 Å². The zero-order valence-corrected chi connectivity index (χ0v) is 10.2. The quantitative estimate of drug-likeness (QED) is 0.800. The molecule has 1 aliphatic heterocycles. The van der Waals surface area contributed by atoms with E-state index in [1.165, 1.54) is 5.57 Å². The lowest BCUT2D eigenvalue weighted by Crippen LogP contribution is -2.29. The second kappa shape index (κ2) is 4.89. The lowest BCUT2D eigenvalue weighted by atomic mass is 10.1. The van der Waals surface area contributed by atoms with Crippen LogP contribution in [0.1, 0.15) is 18.9 Å². The van der Waals surface area contributed by atoms with Gasteiger partial charge in [0.15, 0.2) is 0 Å². The molecule has 0 amide bonds. The zero-order chi connectivity index (χ0) is 11.5. The highest BCUT2D eigenvalue weighted by molar-refractivity contribution is 6.30. The molecule has 86 valence electrons. The molecule has 0 aromatic heterocycles. The first kappa shape index (κ1) is 11.5. The highest BCUT2D eigenvalue weighted by Gasteiger charge is 2.14. The smallest absolute Gasteiger partial charge is 0.0702 e. The average molecular weight is 238 g/mol. The van der Waals surface area contributed by atoms with Crippen LogP contribution >= 0.6 is 11.6 Å². The molecule has 0 saturated carbocycles. The molecule has 0 bridgehead atoms. The Labute approximate surface area is 101 Å². The van der Waals surface area contributed by atoms with Crippen LogP contribution in [-0.2, 0) is 6.61 Å². The minimum atomic E-state index is 0.0369. The van der Waals surface area contributed by atoms with Crippen molar-refractivity contribution in [3.05, 3.63) is 40.4 Å². The van der Waals surface area contributed by atoms with Crippen molar-refractivity contribution in [2.24, 2.45) is 0 Å². The zero-order valence-electron chi connectivity index (χ0n) is 9.41. The Morgan fingerprint density at radius 1 is 1.44 bits per heavy atom. The van der Waals surface area contributed by atoms with Crippen molar-refractivity contribution in [1.82, 2.24) is 0 Å². The second-order valence-electron chi connectivity index (χ2n) is 4.19. The van der Waals surface area contributed by atoms with Crippen molar-refractivity contribution < 1.29 is 5.11 Å². The molecular weight excluding hydrogens is 222 g/mol. The summed E-state index contributed by atoms with van der Waals surface area (Å²) in [7, 11) is 0. The summed E-state index contributed by atoms with van der Waals surface area (Å²) in [5.74, 6) is 0. The van der Waals surface area contributed by atoms with E-state index in [-0.39, 0.29) is 6.61 Å². The van der Waals surface area contributed by atoms with Crippen molar-refractivity contribution in [2.75, 3.05) is 18.0 Å². The summed E-state index contributed by atoms with van der Waals surface area (Å²) in [5, 5.41) is 10.0. The molecular formula is C13H16ClNO. The van der Waals surface area contributed by atoms with E-state index in [0.29, 0.717) is 5.02 Å². The largest absolute Gasteiger partial charge is 0.392 e. The van der Waals surface area contributed by atoms with Gasteiger partial charge in [-0.1, -0.05) is 23.3 Å². The van der Waals surface area contributed by atoms with Crippen LogP contribution in [0.15, 0.2) is 29.8 Å². The molecule has 0 atom stereocenters. The summed E-state index contributed by atoms with van der Waals surface area (Å²) in [4.78, 5) is 2.29. The molecule has 2 nitrogen and oxygen atoms in total. The molecule has 0 unspecified atom stereocenters. The van der Waals surface area contributed by atoms with Gasteiger partial charge < -0.3 is 10.0 Å². The molecule has 1 aliphatic rings. The molecule has 1 N–H and O–H groups in total. The number of aliphatic hydroxyl groups is 1. The number of rotatable bonds is 2. The van der Waals surface area contributed by atoms with E-state index >= 15 is 0 Å². The number of hydrogen-bond donors (Lipinski definition) is 1. The standard InChI is InChI=1S/C13H16ClNO/c1-10-3-2-6-15(8-10)13-5-4-12(14)7-11(13)9-16/h3-5,7,16H,2,6,8-9H2,1H3. The van der Waals surface area contributed by atoms with Crippen molar-refractivity contribution in [3.63, 3.8) is 0 Å². The lowest BCUT2D eigenvalue weighted by molar-refractivity contribution is 0.282. The van der Waals surface area contributed by atoms with Crippen LogP contribution in [0.2, 0.25) is 5.02 Å². The van der Waals surface area contributed by atoms with E-state index in [0.717, 1.165) is 30.8 Å². The normalized spacial score (nSPS) is 16.2. The van der Waals surface area contributed by atoms with Crippen molar-refractivity contribution in [3.8, 4) is 0 Å². The van der Waals surface area contributed by atoms with E-state index in [1.807, 2.05) is 18.2 Å². The van der Waals surface area contributed by atoms with Crippen molar-refractivity contribution >= 4 is 17.3 Å². The lowest BCUT2D eigenvalue weighted by Gasteiger charge is -2.30. The highest BCUT2D eigenvalue weighted by Crippen LogP contribution is 2.26. The number of anilines is 1. The molecule has 0 fully saturated rings. The molecule has 1 heterocycles. The highest BCUT2D eigenvalue weighted by atomic mass is 35.5. The number of hydrogen-bond acceptors (Lipinski definition) is 2. The Bertz CT molecular complexity index is 414. The molecule has 2 rings (SSSR count). The Hall–Kier alpha value is -0.990. The van der Waals surface area contributed by atoms with Crippen LogP contribution in [0.4, 0.5) is 5.69 Å². The molecule has 1 aromatic carbocycles. The van der Waals surface area contributed by atoms with Gasteiger partial charge in [-0.05, 0) is 31.5 Å². The summed E-state index contributed by atoms with van der Waals surface area (Å²) in [5.41, 5.74) is 3.38. The fourth-order valence-electron chi connectivity index (χ4n) is 2.11. The summed E-state index contributed by atoms with van der Waals surface area (Å²) in [6, 6.07) is 5.71. The SMILES string of the molecule is CC1=CCCN(c2ccc(Cl)cc2CO)C1. The van der Waals surface area contributed by atoms with Crippen LogP contribution in [0, 0.1) is 0 Å². The minimum Gasteiger partial charge on any atom is -0.392 e. The predicted molar refractivity (Wildman–Crippen MR) is 68.0 cm³/mol. The number of benzene rings is 1.